The van der Waals surface area contributed by atoms with Crippen molar-refractivity contribution in [3.05, 3.63) is 107 Å². The van der Waals surface area contributed by atoms with Crippen LogP contribution >= 0.6 is 0 Å². The van der Waals surface area contributed by atoms with Crippen LogP contribution in [-0.4, -0.2) is 63.8 Å². The number of amides is 1. The van der Waals surface area contributed by atoms with E-state index in [1.165, 1.54) is 17.7 Å². The van der Waals surface area contributed by atoms with E-state index in [9.17, 15) is 9.18 Å². The number of aryl methyl sites for hydroxylation is 2. The molecule has 2 aromatic heterocycles. The lowest BCUT2D eigenvalue weighted by Gasteiger charge is -2.36. The lowest BCUT2D eigenvalue weighted by Crippen LogP contribution is -2.49. The van der Waals surface area contributed by atoms with E-state index in [0.717, 1.165) is 28.1 Å². The van der Waals surface area contributed by atoms with Gasteiger partial charge in [0.05, 0.1) is 29.4 Å². The zero-order chi connectivity index (χ0) is 28.5. The number of rotatable bonds is 6. The van der Waals surface area contributed by atoms with Crippen molar-refractivity contribution < 1.29 is 13.9 Å². The number of halogens is 1. The van der Waals surface area contributed by atoms with Crippen molar-refractivity contribution in [3.8, 4) is 11.4 Å². The highest BCUT2D eigenvalue weighted by atomic mass is 19.1. The van der Waals surface area contributed by atoms with Crippen molar-refractivity contribution in [1.29, 1.82) is 0 Å². The Bertz CT molecular complexity index is 1710. The molecule has 6 rings (SSSR count). The zero-order valence-electron chi connectivity index (χ0n) is 23.3. The lowest BCUT2D eigenvalue weighted by atomic mass is 10.1. The van der Waals surface area contributed by atoms with E-state index in [-0.39, 0.29) is 11.7 Å². The molecule has 41 heavy (non-hydrogen) atoms. The molecule has 0 spiro atoms. The molecule has 1 aliphatic heterocycles. The minimum atomic E-state index is -0.308. The summed E-state index contributed by atoms with van der Waals surface area (Å²) in [4.78, 5) is 27.4. The molecule has 1 saturated heterocycles. The lowest BCUT2D eigenvalue weighted by molar-refractivity contribution is 0.0743. The third-order valence-corrected chi connectivity index (χ3v) is 7.49. The second-order valence-electron chi connectivity index (χ2n) is 10.3. The normalized spacial score (nSPS) is 13.6. The number of fused-ring (bicyclic) bond motifs is 1. The summed E-state index contributed by atoms with van der Waals surface area (Å²) in [5.41, 5.74) is 5.05. The summed E-state index contributed by atoms with van der Waals surface area (Å²) in [6.07, 6.45) is 0.559. The first kappa shape index (κ1) is 26.4. The molecule has 0 saturated carbocycles. The molecule has 1 amide bonds. The molecule has 5 aromatic rings. The highest BCUT2D eigenvalue weighted by Gasteiger charge is 2.28. The molecule has 3 aromatic carbocycles. The fourth-order valence-corrected chi connectivity index (χ4v) is 5.28. The number of piperazine rings is 1. The SMILES string of the molecule is COc1ccccc1C(=O)N1CCN(c2nc(Cc3ccc(C)cc3)nc3c2c(C)nn3-c2ccc(F)cc2)CC1. The molecule has 8 nitrogen and oxygen atoms in total. The van der Waals surface area contributed by atoms with E-state index in [4.69, 9.17) is 19.8 Å². The van der Waals surface area contributed by atoms with Crippen LogP contribution in [0.4, 0.5) is 10.2 Å². The molecule has 0 bridgehead atoms. The number of methoxy groups -OCH3 is 1. The first-order chi connectivity index (χ1) is 19.9. The number of ether oxygens (including phenoxy) is 1. The van der Waals surface area contributed by atoms with E-state index in [2.05, 4.69) is 36.1 Å². The van der Waals surface area contributed by atoms with Gasteiger partial charge in [-0.1, -0.05) is 42.0 Å². The summed E-state index contributed by atoms with van der Waals surface area (Å²) in [6.45, 7) is 6.31. The van der Waals surface area contributed by atoms with Crippen molar-refractivity contribution in [3.63, 3.8) is 0 Å². The predicted molar refractivity (Wildman–Crippen MR) is 156 cm³/mol. The summed E-state index contributed by atoms with van der Waals surface area (Å²) in [5, 5.41) is 5.65. The van der Waals surface area contributed by atoms with Crippen LogP contribution in [-0.2, 0) is 6.42 Å². The molecule has 208 valence electrons. The summed E-state index contributed by atoms with van der Waals surface area (Å²) in [6, 6.07) is 21.9. The molecule has 1 fully saturated rings. The van der Waals surface area contributed by atoms with Gasteiger partial charge in [0.25, 0.3) is 5.91 Å². The average molecular weight is 551 g/mol. The molecule has 9 heteroatoms. The molecule has 3 heterocycles. The molecule has 0 unspecified atom stereocenters. The third kappa shape index (κ3) is 5.23. The van der Waals surface area contributed by atoms with Crippen LogP contribution in [0.2, 0.25) is 0 Å². The maximum absolute atomic E-state index is 13.7. The Morgan fingerprint density at radius 3 is 2.32 bits per heavy atom. The molecular formula is C32H31FN6O2. The van der Waals surface area contributed by atoms with Gasteiger partial charge in [-0.05, 0) is 55.8 Å². The minimum Gasteiger partial charge on any atom is -0.496 e. The molecule has 0 radical (unpaired) electrons. The van der Waals surface area contributed by atoms with E-state index in [0.29, 0.717) is 55.4 Å². The first-order valence-electron chi connectivity index (χ1n) is 13.7. The van der Waals surface area contributed by atoms with Gasteiger partial charge in [-0.15, -0.1) is 0 Å². The van der Waals surface area contributed by atoms with Crippen molar-refractivity contribution in [2.24, 2.45) is 0 Å². The van der Waals surface area contributed by atoms with Crippen LogP contribution in [0.1, 0.15) is 33.0 Å². The fraction of sp³-hybridized carbons (Fsp3) is 0.250. The first-order valence-corrected chi connectivity index (χ1v) is 13.7. The summed E-state index contributed by atoms with van der Waals surface area (Å²) < 4.78 is 20.9. The number of hydrogen-bond acceptors (Lipinski definition) is 6. The molecular weight excluding hydrogens is 519 g/mol. The third-order valence-electron chi connectivity index (χ3n) is 7.49. The molecule has 0 N–H and O–H groups in total. The largest absolute Gasteiger partial charge is 0.496 e. The Balaban J connectivity index is 1.36. The van der Waals surface area contributed by atoms with Crippen LogP contribution in [0.25, 0.3) is 16.7 Å². The number of aromatic nitrogens is 4. The van der Waals surface area contributed by atoms with Crippen molar-refractivity contribution >= 4 is 22.8 Å². The van der Waals surface area contributed by atoms with Crippen molar-refractivity contribution in [2.45, 2.75) is 20.3 Å². The number of anilines is 1. The van der Waals surface area contributed by atoms with Gasteiger partial charge in [-0.25, -0.2) is 19.0 Å². The highest BCUT2D eigenvalue weighted by Crippen LogP contribution is 2.31. The van der Waals surface area contributed by atoms with Gasteiger partial charge in [-0.3, -0.25) is 4.79 Å². The van der Waals surface area contributed by atoms with Crippen molar-refractivity contribution in [2.75, 3.05) is 38.2 Å². The Hall–Kier alpha value is -4.79. The van der Waals surface area contributed by atoms with Gasteiger partial charge in [0, 0.05) is 32.6 Å². The number of carbonyl (C=O) groups is 1. The maximum atomic E-state index is 13.7. The van der Waals surface area contributed by atoms with Crippen LogP contribution in [0.15, 0.2) is 72.8 Å². The topological polar surface area (TPSA) is 76.4 Å². The van der Waals surface area contributed by atoms with Crippen LogP contribution in [0.5, 0.6) is 5.75 Å². The fourth-order valence-electron chi connectivity index (χ4n) is 5.28. The molecule has 0 aliphatic carbocycles. The number of carbonyl (C=O) groups excluding carboxylic acids is 1. The summed E-state index contributed by atoms with van der Waals surface area (Å²) in [5.74, 6) is 1.69. The minimum absolute atomic E-state index is 0.0460. The van der Waals surface area contributed by atoms with E-state index in [1.54, 1.807) is 36.1 Å². The van der Waals surface area contributed by atoms with Crippen LogP contribution in [0.3, 0.4) is 0 Å². The predicted octanol–water partition coefficient (Wildman–Crippen LogP) is 5.13. The molecule has 0 atom stereocenters. The standard InChI is InChI=1S/C32H31FN6O2/c1-21-8-10-23(11-9-21)20-28-34-30(29-22(2)36-39(31(29)35-28)25-14-12-24(33)13-15-25)37-16-18-38(19-17-37)32(40)26-6-4-5-7-27(26)41-3/h4-15H,16-20H2,1-3H3. The Kier molecular flexibility index (Phi) is 7.09. The van der Waals surface area contributed by atoms with E-state index in [1.807, 2.05) is 24.0 Å². The van der Waals surface area contributed by atoms with E-state index >= 15 is 0 Å². The van der Waals surface area contributed by atoms with Crippen LogP contribution < -0.4 is 9.64 Å². The summed E-state index contributed by atoms with van der Waals surface area (Å²) >= 11 is 0. The highest BCUT2D eigenvalue weighted by molar-refractivity contribution is 5.97. The number of nitrogens with zero attached hydrogens (tertiary/aromatic N) is 6. The number of benzene rings is 3. The number of para-hydroxylation sites is 1. The maximum Gasteiger partial charge on any atom is 0.257 e. The van der Waals surface area contributed by atoms with Gasteiger partial charge in [-0.2, -0.15) is 5.10 Å². The second kappa shape index (κ2) is 11.0. The van der Waals surface area contributed by atoms with Gasteiger partial charge in [0.15, 0.2) is 5.65 Å². The quantitative estimate of drug-likeness (QED) is 0.292. The smallest absolute Gasteiger partial charge is 0.257 e. The van der Waals surface area contributed by atoms with Crippen LogP contribution in [0, 0.1) is 19.7 Å². The van der Waals surface area contributed by atoms with E-state index < -0.39 is 0 Å². The Morgan fingerprint density at radius 2 is 1.61 bits per heavy atom. The van der Waals surface area contributed by atoms with Crippen molar-refractivity contribution in [1.82, 2.24) is 24.6 Å². The average Bonchev–Trinajstić information content (AvgIpc) is 3.34. The second-order valence-corrected chi connectivity index (χ2v) is 10.3. The van der Waals surface area contributed by atoms with Gasteiger partial charge in [0.1, 0.15) is 23.2 Å². The Labute approximate surface area is 238 Å². The molecule has 1 aliphatic rings. The van der Waals surface area contributed by atoms with Gasteiger partial charge < -0.3 is 14.5 Å². The summed E-state index contributed by atoms with van der Waals surface area (Å²) in [7, 11) is 1.58. The van der Waals surface area contributed by atoms with Gasteiger partial charge >= 0.3 is 0 Å². The number of hydrogen-bond donors (Lipinski definition) is 0. The monoisotopic (exact) mass is 550 g/mol. The van der Waals surface area contributed by atoms with Gasteiger partial charge in [0.2, 0.25) is 0 Å². The Morgan fingerprint density at radius 1 is 0.902 bits per heavy atom. The zero-order valence-corrected chi connectivity index (χ0v) is 23.3.